The summed E-state index contributed by atoms with van der Waals surface area (Å²) in [4.78, 5) is 6.73. The average Bonchev–Trinajstić information content (AvgIpc) is 2.90. The smallest absolute Gasteiger partial charge is 0.148 e. The van der Waals surface area contributed by atoms with Gasteiger partial charge in [0.1, 0.15) is 16.9 Å². The lowest BCUT2D eigenvalue weighted by molar-refractivity contribution is 0.531. The first kappa shape index (κ1) is 14.1. The molecule has 1 aromatic rings. The standard InChI is InChI=1S/C15H20ClN3/c1-11(2)10-19(13-5-3-4-6-13)15-14(16)12(9-17)7-8-18-15/h7-8,11,13H,3-6,10H2,1-2H3. The lowest BCUT2D eigenvalue weighted by atomic mass is 10.1. The Balaban J connectivity index is 2.34. The van der Waals surface area contributed by atoms with Crippen LogP contribution in [-0.4, -0.2) is 17.6 Å². The van der Waals surface area contributed by atoms with Crippen LogP contribution in [0.3, 0.4) is 0 Å². The van der Waals surface area contributed by atoms with Gasteiger partial charge in [-0.05, 0) is 24.8 Å². The van der Waals surface area contributed by atoms with E-state index in [9.17, 15) is 0 Å². The topological polar surface area (TPSA) is 39.9 Å². The van der Waals surface area contributed by atoms with Crippen molar-refractivity contribution in [2.24, 2.45) is 5.92 Å². The summed E-state index contributed by atoms with van der Waals surface area (Å²) in [5.74, 6) is 1.32. The fraction of sp³-hybridized carbons (Fsp3) is 0.600. The molecule has 2 rings (SSSR count). The Morgan fingerprint density at radius 3 is 2.74 bits per heavy atom. The first-order valence-electron chi connectivity index (χ1n) is 6.94. The molecule has 0 N–H and O–H groups in total. The van der Waals surface area contributed by atoms with E-state index in [-0.39, 0.29) is 0 Å². The zero-order valence-corrected chi connectivity index (χ0v) is 12.3. The molecule has 1 aromatic heterocycles. The molecule has 1 saturated carbocycles. The van der Waals surface area contributed by atoms with Crippen LogP contribution in [0.25, 0.3) is 0 Å². The highest BCUT2D eigenvalue weighted by atomic mass is 35.5. The van der Waals surface area contributed by atoms with E-state index in [0.717, 1.165) is 12.4 Å². The largest absolute Gasteiger partial charge is 0.352 e. The maximum atomic E-state index is 9.09. The van der Waals surface area contributed by atoms with E-state index in [1.54, 1.807) is 12.3 Å². The summed E-state index contributed by atoms with van der Waals surface area (Å²) in [6, 6.07) is 4.33. The van der Waals surface area contributed by atoms with E-state index in [1.165, 1.54) is 25.7 Å². The van der Waals surface area contributed by atoms with Gasteiger partial charge < -0.3 is 4.90 Å². The predicted molar refractivity (Wildman–Crippen MR) is 78.4 cm³/mol. The average molecular weight is 278 g/mol. The zero-order chi connectivity index (χ0) is 13.8. The second-order valence-corrected chi connectivity index (χ2v) is 5.97. The number of anilines is 1. The Morgan fingerprint density at radius 2 is 2.16 bits per heavy atom. The zero-order valence-electron chi connectivity index (χ0n) is 11.6. The van der Waals surface area contributed by atoms with Gasteiger partial charge in [0.2, 0.25) is 0 Å². The fourth-order valence-electron chi connectivity index (χ4n) is 2.74. The van der Waals surface area contributed by atoms with Crippen molar-refractivity contribution >= 4 is 17.4 Å². The molecule has 1 aliphatic carbocycles. The molecule has 0 unspecified atom stereocenters. The molecule has 0 aliphatic heterocycles. The molecule has 19 heavy (non-hydrogen) atoms. The van der Waals surface area contributed by atoms with Gasteiger partial charge in [-0.25, -0.2) is 4.98 Å². The van der Waals surface area contributed by atoms with Crippen LogP contribution in [0.15, 0.2) is 12.3 Å². The van der Waals surface area contributed by atoms with Gasteiger partial charge in [0.05, 0.1) is 5.56 Å². The maximum absolute atomic E-state index is 9.09. The Kier molecular flexibility index (Phi) is 4.66. The Bertz CT molecular complexity index is 473. The summed E-state index contributed by atoms with van der Waals surface area (Å²) in [6.07, 6.45) is 6.62. The predicted octanol–water partition coefficient (Wildman–Crippen LogP) is 4.01. The van der Waals surface area contributed by atoms with Crippen LogP contribution in [0, 0.1) is 17.2 Å². The first-order valence-corrected chi connectivity index (χ1v) is 7.32. The monoisotopic (exact) mass is 277 g/mol. The number of nitrogens with zero attached hydrogens (tertiary/aromatic N) is 3. The van der Waals surface area contributed by atoms with Crippen molar-refractivity contribution in [2.75, 3.05) is 11.4 Å². The van der Waals surface area contributed by atoms with E-state index in [2.05, 4.69) is 29.8 Å². The first-order chi connectivity index (χ1) is 9.13. The molecule has 0 bridgehead atoms. The summed E-state index contributed by atoms with van der Waals surface area (Å²) in [6.45, 7) is 5.33. The number of aromatic nitrogens is 1. The van der Waals surface area contributed by atoms with Crippen LogP contribution in [-0.2, 0) is 0 Å². The summed E-state index contributed by atoms with van der Waals surface area (Å²) < 4.78 is 0. The molecular weight excluding hydrogens is 258 g/mol. The summed E-state index contributed by atoms with van der Waals surface area (Å²) in [7, 11) is 0. The molecular formula is C15H20ClN3. The molecule has 0 saturated heterocycles. The van der Waals surface area contributed by atoms with E-state index in [1.807, 2.05) is 0 Å². The quantitative estimate of drug-likeness (QED) is 0.835. The third-order valence-electron chi connectivity index (χ3n) is 3.59. The van der Waals surface area contributed by atoms with E-state index < -0.39 is 0 Å². The van der Waals surface area contributed by atoms with E-state index in [4.69, 9.17) is 16.9 Å². The molecule has 102 valence electrons. The molecule has 4 heteroatoms. The molecule has 0 radical (unpaired) electrons. The van der Waals surface area contributed by atoms with Gasteiger partial charge in [0.25, 0.3) is 0 Å². The number of rotatable bonds is 4. The molecule has 0 atom stereocenters. The van der Waals surface area contributed by atoms with Crippen LogP contribution in [0.2, 0.25) is 5.02 Å². The Labute approximate surface area is 120 Å². The molecule has 1 heterocycles. The van der Waals surface area contributed by atoms with Crippen LogP contribution in [0.5, 0.6) is 0 Å². The van der Waals surface area contributed by atoms with Gasteiger partial charge in [-0.15, -0.1) is 0 Å². The highest BCUT2D eigenvalue weighted by Gasteiger charge is 2.26. The minimum atomic E-state index is 0.498. The van der Waals surface area contributed by atoms with Gasteiger partial charge >= 0.3 is 0 Å². The molecule has 0 spiro atoms. The van der Waals surface area contributed by atoms with Crippen LogP contribution in [0.4, 0.5) is 5.82 Å². The SMILES string of the molecule is CC(C)CN(c1nccc(C#N)c1Cl)C1CCCC1. The molecule has 0 amide bonds. The van der Waals surface area contributed by atoms with Gasteiger partial charge in [-0.2, -0.15) is 5.26 Å². The molecule has 1 fully saturated rings. The second-order valence-electron chi connectivity index (χ2n) is 5.59. The molecule has 3 nitrogen and oxygen atoms in total. The van der Waals surface area contributed by atoms with Crippen molar-refractivity contribution in [1.29, 1.82) is 5.26 Å². The second kappa shape index (κ2) is 6.25. The van der Waals surface area contributed by atoms with Gasteiger partial charge in [0.15, 0.2) is 0 Å². The number of nitriles is 1. The van der Waals surface area contributed by atoms with Crippen molar-refractivity contribution in [2.45, 2.75) is 45.6 Å². The minimum Gasteiger partial charge on any atom is -0.352 e. The van der Waals surface area contributed by atoms with Crippen molar-refractivity contribution in [3.63, 3.8) is 0 Å². The summed E-state index contributed by atoms with van der Waals surface area (Å²) >= 11 is 6.34. The number of pyridine rings is 1. The number of halogens is 1. The highest BCUT2D eigenvalue weighted by molar-refractivity contribution is 6.34. The van der Waals surface area contributed by atoms with Gasteiger partial charge in [-0.1, -0.05) is 38.3 Å². The van der Waals surface area contributed by atoms with Crippen LogP contribution in [0.1, 0.15) is 45.1 Å². The summed E-state index contributed by atoms with van der Waals surface area (Å²) in [5, 5.41) is 9.59. The van der Waals surface area contributed by atoms with Gasteiger partial charge in [-0.3, -0.25) is 0 Å². The summed E-state index contributed by atoms with van der Waals surface area (Å²) in [5.41, 5.74) is 0.512. The van der Waals surface area contributed by atoms with Crippen molar-refractivity contribution in [1.82, 2.24) is 4.98 Å². The lowest BCUT2D eigenvalue weighted by Crippen LogP contribution is -2.37. The third kappa shape index (κ3) is 3.19. The van der Waals surface area contributed by atoms with Crippen molar-refractivity contribution < 1.29 is 0 Å². The molecule has 0 aromatic carbocycles. The van der Waals surface area contributed by atoms with Crippen LogP contribution < -0.4 is 4.90 Å². The minimum absolute atomic E-state index is 0.498. The normalized spacial score (nSPS) is 15.7. The van der Waals surface area contributed by atoms with Crippen molar-refractivity contribution in [3.05, 3.63) is 22.8 Å². The maximum Gasteiger partial charge on any atom is 0.148 e. The van der Waals surface area contributed by atoms with E-state index >= 15 is 0 Å². The Hall–Kier alpha value is -1.27. The Morgan fingerprint density at radius 1 is 1.47 bits per heavy atom. The van der Waals surface area contributed by atoms with Crippen molar-refractivity contribution in [3.8, 4) is 6.07 Å². The lowest BCUT2D eigenvalue weighted by Gasteiger charge is -2.32. The molecule has 1 aliphatic rings. The number of hydrogen-bond donors (Lipinski definition) is 0. The number of hydrogen-bond acceptors (Lipinski definition) is 3. The third-order valence-corrected chi connectivity index (χ3v) is 3.96. The van der Waals surface area contributed by atoms with E-state index in [0.29, 0.717) is 22.5 Å². The van der Waals surface area contributed by atoms with Gasteiger partial charge in [0, 0.05) is 18.8 Å². The fourth-order valence-corrected chi connectivity index (χ4v) is 3.00. The van der Waals surface area contributed by atoms with Crippen LogP contribution >= 0.6 is 11.6 Å². The highest BCUT2D eigenvalue weighted by Crippen LogP contribution is 2.33.